The lowest BCUT2D eigenvalue weighted by Crippen LogP contribution is -2.30. The van der Waals surface area contributed by atoms with Crippen molar-refractivity contribution in [3.05, 3.63) is 34.9 Å². The van der Waals surface area contributed by atoms with E-state index in [1.165, 1.54) is 0 Å². The molecule has 1 aromatic carbocycles. The van der Waals surface area contributed by atoms with Gasteiger partial charge in [0.15, 0.2) is 0 Å². The average Bonchev–Trinajstić information content (AvgIpc) is 2.38. The average molecular weight is 314 g/mol. The third kappa shape index (κ3) is 8.42. The third-order valence-electron chi connectivity index (χ3n) is 2.89. The lowest BCUT2D eigenvalue weighted by atomic mass is 10.1. The van der Waals surface area contributed by atoms with Crippen LogP contribution in [0.1, 0.15) is 46.3 Å². The molecule has 1 rings (SSSR count). The van der Waals surface area contributed by atoms with Gasteiger partial charge in [-0.15, -0.1) is 0 Å². The zero-order valence-electron chi connectivity index (χ0n) is 13.8. The highest BCUT2D eigenvalue weighted by atomic mass is 35.5. The van der Waals surface area contributed by atoms with Crippen LogP contribution in [0.5, 0.6) is 0 Å². The van der Waals surface area contributed by atoms with E-state index in [0.29, 0.717) is 19.3 Å². The van der Waals surface area contributed by atoms with Crippen LogP contribution in [0, 0.1) is 0 Å². The molecule has 1 unspecified atom stereocenters. The highest BCUT2D eigenvalue weighted by molar-refractivity contribution is 6.30. The summed E-state index contributed by atoms with van der Waals surface area (Å²) < 4.78 is 11.7. The van der Waals surface area contributed by atoms with Crippen LogP contribution in [0.2, 0.25) is 5.02 Å². The minimum atomic E-state index is -0.130. The molecule has 0 bridgehead atoms. The van der Waals surface area contributed by atoms with Gasteiger partial charge in [-0.1, -0.05) is 37.6 Å². The Morgan fingerprint density at radius 1 is 1.10 bits per heavy atom. The molecule has 0 saturated heterocycles. The first-order valence-electron chi connectivity index (χ1n) is 7.52. The molecule has 1 aromatic rings. The molecule has 0 amide bonds. The predicted molar refractivity (Wildman–Crippen MR) is 89.0 cm³/mol. The smallest absolute Gasteiger partial charge is 0.0950 e. The van der Waals surface area contributed by atoms with E-state index >= 15 is 0 Å². The summed E-state index contributed by atoms with van der Waals surface area (Å²) in [5.41, 5.74) is 0.998. The van der Waals surface area contributed by atoms with Gasteiger partial charge in [0.2, 0.25) is 0 Å². The highest BCUT2D eigenvalue weighted by Crippen LogP contribution is 2.19. The van der Waals surface area contributed by atoms with E-state index in [-0.39, 0.29) is 11.7 Å². The Hall–Kier alpha value is -0.610. The van der Waals surface area contributed by atoms with E-state index < -0.39 is 0 Å². The second-order valence-electron chi connectivity index (χ2n) is 6.43. The van der Waals surface area contributed by atoms with E-state index in [1.807, 2.05) is 45.0 Å². The fourth-order valence-corrected chi connectivity index (χ4v) is 1.96. The van der Waals surface area contributed by atoms with Gasteiger partial charge >= 0.3 is 0 Å². The molecule has 120 valence electrons. The molecule has 0 fully saturated rings. The summed E-state index contributed by atoms with van der Waals surface area (Å²) in [4.78, 5) is 0. The normalized spacial score (nSPS) is 13.7. The van der Waals surface area contributed by atoms with Crippen molar-refractivity contribution in [3.63, 3.8) is 0 Å². The maximum Gasteiger partial charge on any atom is 0.0950 e. The Balaban J connectivity index is 2.54. The van der Waals surface area contributed by atoms with Crippen molar-refractivity contribution in [2.24, 2.45) is 0 Å². The van der Waals surface area contributed by atoms with E-state index in [9.17, 15) is 0 Å². The molecule has 1 N–H and O–H groups in total. The lowest BCUT2D eigenvalue weighted by molar-refractivity contribution is -0.0521. The number of hydrogen-bond donors (Lipinski definition) is 1. The fourth-order valence-electron chi connectivity index (χ4n) is 1.83. The summed E-state index contributed by atoms with van der Waals surface area (Å²) in [5, 5.41) is 4.16. The Morgan fingerprint density at radius 2 is 1.71 bits per heavy atom. The summed E-state index contributed by atoms with van der Waals surface area (Å²) >= 11 is 5.94. The van der Waals surface area contributed by atoms with Crippen molar-refractivity contribution in [2.45, 2.75) is 52.4 Å². The van der Waals surface area contributed by atoms with E-state index in [2.05, 4.69) is 19.2 Å². The molecule has 0 aliphatic rings. The number of rotatable bonds is 8. The van der Waals surface area contributed by atoms with Crippen LogP contribution in [0.25, 0.3) is 0 Å². The second-order valence-corrected chi connectivity index (χ2v) is 6.87. The van der Waals surface area contributed by atoms with E-state index in [0.717, 1.165) is 17.1 Å². The SMILES string of the molecule is CC(C)NCC(OCCOC(C)(C)C)c1ccc(Cl)cc1. The molecule has 0 saturated carbocycles. The molecule has 0 aliphatic heterocycles. The number of ether oxygens (including phenoxy) is 2. The third-order valence-corrected chi connectivity index (χ3v) is 3.14. The van der Waals surface area contributed by atoms with Crippen LogP contribution in [-0.4, -0.2) is 31.4 Å². The quantitative estimate of drug-likeness (QED) is 0.729. The van der Waals surface area contributed by atoms with Crippen LogP contribution in [0.3, 0.4) is 0 Å². The Morgan fingerprint density at radius 3 is 2.24 bits per heavy atom. The first kappa shape index (κ1) is 18.4. The van der Waals surface area contributed by atoms with Gasteiger partial charge in [-0.2, -0.15) is 0 Å². The van der Waals surface area contributed by atoms with Crippen molar-refractivity contribution in [1.82, 2.24) is 5.32 Å². The summed E-state index contributed by atoms with van der Waals surface area (Å²) in [6.45, 7) is 12.3. The standard InChI is InChI=1S/C17H28ClNO2/c1-13(2)19-12-16(14-6-8-15(18)9-7-14)20-10-11-21-17(3,4)5/h6-9,13,16,19H,10-12H2,1-5H3. The molecule has 0 radical (unpaired) electrons. The molecule has 0 aliphatic carbocycles. The van der Waals surface area contributed by atoms with Gasteiger partial charge in [-0.25, -0.2) is 0 Å². The first-order valence-corrected chi connectivity index (χ1v) is 7.90. The van der Waals surface area contributed by atoms with Gasteiger partial charge < -0.3 is 14.8 Å². The Labute approximate surface area is 134 Å². The molecule has 3 nitrogen and oxygen atoms in total. The van der Waals surface area contributed by atoms with Gasteiger partial charge in [0.1, 0.15) is 0 Å². The molecule has 0 spiro atoms. The van der Waals surface area contributed by atoms with Crippen LogP contribution in [0.4, 0.5) is 0 Å². The van der Waals surface area contributed by atoms with Crippen molar-refractivity contribution < 1.29 is 9.47 Å². The fraction of sp³-hybridized carbons (Fsp3) is 0.647. The molecule has 0 aromatic heterocycles. The van der Waals surface area contributed by atoms with Crippen molar-refractivity contribution in [1.29, 1.82) is 0 Å². The molecular weight excluding hydrogens is 286 g/mol. The molecule has 4 heteroatoms. The Kier molecular flexibility index (Phi) is 7.67. The minimum absolute atomic E-state index is 0.00763. The van der Waals surface area contributed by atoms with Crippen LogP contribution in [-0.2, 0) is 9.47 Å². The molecule has 0 heterocycles. The largest absolute Gasteiger partial charge is 0.373 e. The number of nitrogens with one attached hydrogen (secondary N) is 1. The first-order chi connectivity index (χ1) is 9.78. The lowest BCUT2D eigenvalue weighted by Gasteiger charge is -2.23. The van der Waals surface area contributed by atoms with E-state index in [1.54, 1.807) is 0 Å². The van der Waals surface area contributed by atoms with Crippen molar-refractivity contribution in [3.8, 4) is 0 Å². The minimum Gasteiger partial charge on any atom is -0.373 e. The second kappa shape index (κ2) is 8.74. The topological polar surface area (TPSA) is 30.5 Å². The number of halogens is 1. The van der Waals surface area contributed by atoms with Gasteiger partial charge in [-0.3, -0.25) is 0 Å². The van der Waals surface area contributed by atoms with Crippen LogP contribution in [0.15, 0.2) is 24.3 Å². The maximum absolute atomic E-state index is 5.98. The molecule has 1 atom stereocenters. The summed E-state index contributed by atoms with van der Waals surface area (Å²) in [6, 6.07) is 8.25. The summed E-state index contributed by atoms with van der Waals surface area (Å²) in [7, 11) is 0. The Bertz CT molecular complexity index is 398. The van der Waals surface area contributed by atoms with Gasteiger partial charge in [0, 0.05) is 17.6 Å². The number of benzene rings is 1. The number of hydrogen-bond acceptors (Lipinski definition) is 3. The molecular formula is C17H28ClNO2. The highest BCUT2D eigenvalue weighted by Gasteiger charge is 2.14. The zero-order valence-corrected chi connectivity index (χ0v) is 14.5. The van der Waals surface area contributed by atoms with Crippen molar-refractivity contribution in [2.75, 3.05) is 19.8 Å². The molecule has 21 heavy (non-hydrogen) atoms. The zero-order chi connectivity index (χ0) is 15.9. The van der Waals surface area contributed by atoms with Gasteiger partial charge in [0.25, 0.3) is 0 Å². The van der Waals surface area contributed by atoms with Crippen LogP contribution >= 0.6 is 11.6 Å². The summed E-state index contributed by atoms with van der Waals surface area (Å²) in [6.07, 6.45) is 0.00763. The maximum atomic E-state index is 5.98. The van der Waals surface area contributed by atoms with Crippen molar-refractivity contribution >= 4 is 11.6 Å². The monoisotopic (exact) mass is 313 g/mol. The van der Waals surface area contributed by atoms with E-state index in [4.69, 9.17) is 21.1 Å². The van der Waals surface area contributed by atoms with Gasteiger partial charge in [-0.05, 0) is 38.5 Å². The van der Waals surface area contributed by atoms with Gasteiger partial charge in [0.05, 0.1) is 24.9 Å². The summed E-state index contributed by atoms with van der Waals surface area (Å²) in [5.74, 6) is 0. The van der Waals surface area contributed by atoms with Crippen LogP contribution < -0.4 is 5.32 Å². The predicted octanol–water partition coefficient (Wildman–Crippen LogP) is 4.21.